The second kappa shape index (κ2) is 6.97. The van der Waals surface area contributed by atoms with Gasteiger partial charge in [-0.25, -0.2) is 0 Å². The van der Waals surface area contributed by atoms with Crippen molar-refractivity contribution in [2.24, 2.45) is 17.6 Å². The number of ether oxygens (including phenoxy) is 1. The van der Waals surface area contributed by atoms with Gasteiger partial charge in [-0.3, -0.25) is 4.79 Å². The van der Waals surface area contributed by atoms with Gasteiger partial charge in [0.15, 0.2) is 0 Å². The molecular formula is C13H26N2O2. The first kappa shape index (κ1) is 14.5. The van der Waals surface area contributed by atoms with Crippen LogP contribution in [0.1, 0.15) is 33.6 Å². The van der Waals surface area contributed by atoms with Crippen molar-refractivity contribution >= 4 is 5.91 Å². The minimum Gasteiger partial charge on any atom is -0.381 e. The lowest BCUT2D eigenvalue weighted by Gasteiger charge is -2.21. The SMILES string of the molecule is CC(C)COCCC(=O)N1CC(CN)CC1C. The number of likely N-dealkylation sites (tertiary alicyclic amines) is 1. The van der Waals surface area contributed by atoms with Gasteiger partial charge in [0.05, 0.1) is 13.0 Å². The monoisotopic (exact) mass is 242 g/mol. The first-order valence-electron chi connectivity index (χ1n) is 6.61. The van der Waals surface area contributed by atoms with E-state index in [4.69, 9.17) is 10.5 Å². The molecule has 2 atom stereocenters. The van der Waals surface area contributed by atoms with E-state index in [0.29, 0.717) is 37.5 Å². The second-order valence-corrected chi connectivity index (χ2v) is 5.45. The highest BCUT2D eigenvalue weighted by molar-refractivity contribution is 5.76. The molecule has 1 saturated heterocycles. The smallest absolute Gasteiger partial charge is 0.225 e. The van der Waals surface area contributed by atoms with E-state index < -0.39 is 0 Å². The summed E-state index contributed by atoms with van der Waals surface area (Å²) >= 11 is 0. The third kappa shape index (κ3) is 4.64. The molecule has 0 aromatic heterocycles. The van der Waals surface area contributed by atoms with E-state index in [1.165, 1.54) is 0 Å². The van der Waals surface area contributed by atoms with Crippen molar-refractivity contribution < 1.29 is 9.53 Å². The molecule has 1 amide bonds. The summed E-state index contributed by atoms with van der Waals surface area (Å²) < 4.78 is 5.44. The molecule has 1 rings (SSSR count). The van der Waals surface area contributed by atoms with Crippen molar-refractivity contribution in [1.29, 1.82) is 0 Å². The maximum atomic E-state index is 12.0. The van der Waals surface area contributed by atoms with Gasteiger partial charge in [0.2, 0.25) is 5.91 Å². The Kier molecular flexibility index (Phi) is 5.92. The van der Waals surface area contributed by atoms with Crippen LogP contribution in [0.4, 0.5) is 0 Å². The van der Waals surface area contributed by atoms with Crippen LogP contribution in [-0.2, 0) is 9.53 Å². The Morgan fingerprint density at radius 1 is 1.53 bits per heavy atom. The Morgan fingerprint density at radius 3 is 2.76 bits per heavy atom. The molecule has 1 aliphatic rings. The maximum absolute atomic E-state index is 12.0. The summed E-state index contributed by atoms with van der Waals surface area (Å²) in [7, 11) is 0. The summed E-state index contributed by atoms with van der Waals surface area (Å²) in [5, 5.41) is 0. The fourth-order valence-corrected chi connectivity index (χ4v) is 2.28. The van der Waals surface area contributed by atoms with Crippen molar-refractivity contribution in [3.05, 3.63) is 0 Å². The molecule has 17 heavy (non-hydrogen) atoms. The molecular weight excluding hydrogens is 216 g/mol. The summed E-state index contributed by atoms with van der Waals surface area (Å²) in [5.74, 6) is 1.21. The number of hydrogen-bond acceptors (Lipinski definition) is 3. The second-order valence-electron chi connectivity index (χ2n) is 5.45. The summed E-state index contributed by atoms with van der Waals surface area (Å²) in [6.07, 6.45) is 1.53. The van der Waals surface area contributed by atoms with Gasteiger partial charge in [-0.05, 0) is 31.7 Å². The minimum absolute atomic E-state index is 0.206. The lowest BCUT2D eigenvalue weighted by atomic mass is 10.1. The molecule has 1 aliphatic heterocycles. The van der Waals surface area contributed by atoms with Gasteiger partial charge in [0.1, 0.15) is 0 Å². The molecule has 1 fully saturated rings. The van der Waals surface area contributed by atoms with Crippen LogP contribution in [0, 0.1) is 11.8 Å². The number of nitrogens with zero attached hydrogens (tertiary/aromatic N) is 1. The van der Waals surface area contributed by atoms with Gasteiger partial charge in [-0.2, -0.15) is 0 Å². The van der Waals surface area contributed by atoms with Crippen LogP contribution in [0.3, 0.4) is 0 Å². The van der Waals surface area contributed by atoms with Crippen molar-refractivity contribution in [3.63, 3.8) is 0 Å². The van der Waals surface area contributed by atoms with Gasteiger partial charge in [-0.1, -0.05) is 13.8 Å². The predicted octanol–water partition coefficient (Wildman–Crippen LogP) is 1.24. The average Bonchev–Trinajstić information content (AvgIpc) is 2.65. The molecule has 4 heteroatoms. The average molecular weight is 242 g/mol. The molecule has 4 nitrogen and oxygen atoms in total. The van der Waals surface area contributed by atoms with E-state index in [1.807, 2.05) is 4.90 Å². The lowest BCUT2D eigenvalue weighted by molar-refractivity contribution is -0.133. The number of carbonyl (C=O) groups is 1. The van der Waals surface area contributed by atoms with Gasteiger partial charge in [-0.15, -0.1) is 0 Å². The molecule has 0 bridgehead atoms. The third-order valence-corrected chi connectivity index (χ3v) is 3.23. The van der Waals surface area contributed by atoms with Crippen LogP contribution in [0.15, 0.2) is 0 Å². The number of carbonyl (C=O) groups excluding carboxylic acids is 1. The van der Waals surface area contributed by atoms with Gasteiger partial charge in [0, 0.05) is 19.2 Å². The topological polar surface area (TPSA) is 55.6 Å². The van der Waals surface area contributed by atoms with Crippen LogP contribution in [0.5, 0.6) is 0 Å². The van der Waals surface area contributed by atoms with Crippen molar-refractivity contribution in [2.75, 3.05) is 26.3 Å². The molecule has 1 heterocycles. The number of amides is 1. The van der Waals surface area contributed by atoms with Crippen LogP contribution in [0.25, 0.3) is 0 Å². The first-order chi connectivity index (χ1) is 8.04. The zero-order valence-electron chi connectivity index (χ0n) is 11.3. The Morgan fingerprint density at radius 2 is 2.24 bits per heavy atom. The zero-order chi connectivity index (χ0) is 12.8. The van der Waals surface area contributed by atoms with Crippen molar-refractivity contribution in [1.82, 2.24) is 4.90 Å². The summed E-state index contributed by atoms with van der Waals surface area (Å²) in [6, 6.07) is 0.334. The van der Waals surface area contributed by atoms with Gasteiger partial charge in [0.25, 0.3) is 0 Å². The maximum Gasteiger partial charge on any atom is 0.225 e. The summed E-state index contributed by atoms with van der Waals surface area (Å²) in [4.78, 5) is 13.9. The molecule has 0 aromatic rings. The Balaban J connectivity index is 2.23. The van der Waals surface area contributed by atoms with E-state index in [0.717, 1.165) is 19.6 Å². The highest BCUT2D eigenvalue weighted by atomic mass is 16.5. The molecule has 0 aromatic carbocycles. The molecule has 100 valence electrons. The van der Waals surface area contributed by atoms with Crippen molar-refractivity contribution in [2.45, 2.75) is 39.7 Å². The van der Waals surface area contributed by atoms with E-state index in [9.17, 15) is 4.79 Å². The van der Waals surface area contributed by atoms with Crippen LogP contribution >= 0.6 is 0 Å². The largest absolute Gasteiger partial charge is 0.381 e. The van der Waals surface area contributed by atoms with Crippen LogP contribution < -0.4 is 5.73 Å². The Labute approximate surface area is 104 Å². The molecule has 0 aliphatic carbocycles. The molecule has 2 N–H and O–H groups in total. The quantitative estimate of drug-likeness (QED) is 0.713. The van der Waals surface area contributed by atoms with E-state index >= 15 is 0 Å². The predicted molar refractivity (Wildman–Crippen MR) is 68.6 cm³/mol. The standard InChI is InChI=1S/C13H26N2O2/c1-10(2)9-17-5-4-13(16)15-8-12(7-14)6-11(15)3/h10-12H,4-9,14H2,1-3H3. The molecule has 0 radical (unpaired) electrons. The number of hydrogen-bond donors (Lipinski definition) is 1. The third-order valence-electron chi connectivity index (χ3n) is 3.23. The molecule has 0 saturated carbocycles. The Hall–Kier alpha value is -0.610. The zero-order valence-corrected chi connectivity index (χ0v) is 11.3. The first-order valence-corrected chi connectivity index (χ1v) is 6.61. The highest BCUT2D eigenvalue weighted by Gasteiger charge is 2.30. The van der Waals surface area contributed by atoms with Crippen molar-refractivity contribution in [3.8, 4) is 0 Å². The summed E-state index contributed by atoms with van der Waals surface area (Å²) in [5.41, 5.74) is 5.65. The van der Waals surface area contributed by atoms with E-state index in [1.54, 1.807) is 0 Å². The fraction of sp³-hybridized carbons (Fsp3) is 0.923. The Bertz CT molecular complexity index is 244. The highest BCUT2D eigenvalue weighted by Crippen LogP contribution is 2.22. The fourth-order valence-electron chi connectivity index (χ4n) is 2.28. The molecule has 0 spiro atoms. The van der Waals surface area contributed by atoms with E-state index in [-0.39, 0.29) is 5.91 Å². The summed E-state index contributed by atoms with van der Waals surface area (Å²) in [6.45, 7) is 9.08. The van der Waals surface area contributed by atoms with Gasteiger partial charge >= 0.3 is 0 Å². The van der Waals surface area contributed by atoms with Crippen LogP contribution in [-0.4, -0.2) is 43.2 Å². The number of rotatable bonds is 6. The van der Waals surface area contributed by atoms with E-state index in [2.05, 4.69) is 20.8 Å². The van der Waals surface area contributed by atoms with Crippen LogP contribution in [0.2, 0.25) is 0 Å². The normalized spacial score (nSPS) is 24.6. The number of nitrogens with two attached hydrogens (primary N) is 1. The molecule has 2 unspecified atom stereocenters. The minimum atomic E-state index is 0.206. The lowest BCUT2D eigenvalue weighted by Crippen LogP contribution is -2.35. The van der Waals surface area contributed by atoms with Gasteiger partial charge < -0.3 is 15.4 Å².